The maximum Gasteiger partial charge on any atom is 0.329 e. The molecular weight excluding hydrogens is 414 g/mol. The molecular formula is C19H20ClN5O5. The maximum absolute atomic E-state index is 12.1. The molecule has 1 aromatic carbocycles. The van der Waals surface area contributed by atoms with Crippen LogP contribution in [0.5, 0.6) is 11.5 Å². The van der Waals surface area contributed by atoms with Gasteiger partial charge in [0.05, 0.1) is 31.4 Å². The fraction of sp³-hybridized carbons (Fsp3) is 0.211. The van der Waals surface area contributed by atoms with Crippen LogP contribution in [0, 0.1) is 0 Å². The van der Waals surface area contributed by atoms with Crippen LogP contribution in [0.2, 0.25) is 5.02 Å². The quantitative estimate of drug-likeness (QED) is 0.348. The number of benzene rings is 1. The summed E-state index contributed by atoms with van der Waals surface area (Å²) in [5.74, 6) is -1.18. The van der Waals surface area contributed by atoms with Crippen molar-refractivity contribution in [1.29, 1.82) is 0 Å². The van der Waals surface area contributed by atoms with Gasteiger partial charge in [0, 0.05) is 18.0 Å². The Morgan fingerprint density at radius 2 is 1.83 bits per heavy atom. The Labute approximate surface area is 177 Å². The SMILES string of the molecule is COc1ccc(NC(=O)C(=O)N/N=C(/C)CC(=O)Nc2ccc(Cl)cn2)c(OC)c1. The second kappa shape index (κ2) is 10.8. The van der Waals surface area contributed by atoms with Gasteiger partial charge in [-0.2, -0.15) is 5.10 Å². The van der Waals surface area contributed by atoms with Crippen molar-refractivity contribution in [3.05, 3.63) is 41.6 Å². The van der Waals surface area contributed by atoms with Gasteiger partial charge in [-0.25, -0.2) is 10.4 Å². The van der Waals surface area contributed by atoms with Gasteiger partial charge in [0.2, 0.25) is 5.91 Å². The largest absolute Gasteiger partial charge is 0.497 e. The van der Waals surface area contributed by atoms with Crippen molar-refractivity contribution < 1.29 is 23.9 Å². The summed E-state index contributed by atoms with van der Waals surface area (Å²) in [5, 5.41) is 9.17. The number of ether oxygens (including phenoxy) is 2. The first-order valence-corrected chi connectivity index (χ1v) is 8.98. The van der Waals surface area contributed by atoms with Crippen molar-refractivity contribution in [2.24, 2.45) is 5.10 Å². The monoisotopic (exact) mass is 433 g/mol. The van der Waals surface area contributed by atoms with Gasteiger partial charge in [-0.05, 0) is 31.2 Å². The van der Waals surface area contributed by atoms with Crippen LogP contribution in [0.25, 0.3) is 0 Å². The molecule has 1 aromatic heterocycles. The molecule has 11 heteroatoms. The highest BCUT2D eigenvalue weighted by molar-refractivity contribution is 6.39. The molecule has 3 amide bonds. The number of rotatable bonds is 7. The van der Waals surface area contributed by atoms with E-state index in [9.17, 15) is 14.4 Å². The molecule has 0 saturated carbocycles. The van der Waals surface area contributed by atoms with E-state index in [-0.39, 0.29) is 17.8 Å². The summed E-state index contributed by atoms with van der Waals surface area (Å²) in [7, 11) is 2.91. The number of hydrogen-bond acceptors (Lipinski definition) is 7. The van der Waals surface area contributed by atoms with Gasteiger partial charge in [-0.3, -0.25) is 14.4 Å². The molecule has 30 heavy (non-hydrogen) atoms. The Morgan fingerprint density at radius 3 is 2.47 bits per heavy atom. The van der Waals surface area contributed by atoms with E-state index < -0.39 is 17.7 Å². The van der Waals surface area contributed by atoms with Gasteiger partial charge in [0.1, 0.15) is 17.3 Å². The molecule has 0 radical (unpaired) electrons. The van der Waals surface area contributed by atoms with Crippen LogP contribution in [0.1, 0.15) is 13.3 Å². The molecule has 0 aliphatic carbocycles. The molecule has 0 saturated heterocycles. The lowest BCUT2D eigenvalue weighted by Gasteiger charge is -2.11. The summed E-state index contributed by atoms with van der Waals surface area (Å²) in [4.78, 5) is 39.9. The normalized spacial score (nSPS) is 10.7. The topological polar surface area (TPSA) is 131 Å². The Kier molecular flexibility index (Phi) is 8.12. The number of carbonyl (C=O) groups excluding carboxylic acids is 3. The average Bonchev–Trinajstić information content (AvgIpc) is 2.73. The Hall–Kier alpha value is -3.66. The number of methoxy groups -OCH3 is 2. The lowest BCUT2D eigenvalue weighted by atomic mass is 10.2. The molecule has 2 rings (SSSR count). The minimum atomic E-state index is -1.01. The molecule has 2 aromatic rings. The number of nitrogens with zero attached hydrogens (tertiary/aromatic N) is 2. The van der Waals surface area contributed by atoms with E-state index in [2.05, 4.69) is 26.1 Å². The number of nitrogens with one attached hydrogen (secondary N) is 3. The molecule has 0 fully saturated rings. The molecule has 10 nitrogen and oxygen atoms in total. The van der Waals surface area contributed by atoms with Crippen LogP contribution in [0.4, 0.5) is 11.5 Å². The Morgan fingerprint density at radius 1 is 1.07 bits per heavy atom. The van der Waals surface area contributed by atoms with Crippen molar-refractivity contribution in [3.8, 4) is 11.5 Å². The highest BCUT2D eigenvalue weighted by Gasteiger charge is 2.16. The van der Waals surface area contributed by atoms with E-state index in [1.807, 2.05) is 0 Å². The first kappa shape index (κ1) is 22.6. The highest BCUT2D eigenvalue weighted by atomic mass is 35.5. The first-order chi connectivity index (χ1) is 14.3. The van der Waals surface area contributed by atoms with Crippen molar-refractivity contribution in [3.63, 3.8) is 0 Å². The van der Waals surface area contributed by atoms with Gasteiger partial charge in [-0.15, -0.1) is 0 Å². The molecule has 0 aliphatic heterocycles. The third-order valence-corrected chi connectivity index (χ3v) is 3.85. The molecule has 0 unspecified atom stereocenters. The highest BCUT2D eigenvalue weighted by Crippen LogP contribution is 2.28. The Balaban J connectivity index is 1.88. The van der Waals surface area contributed by atoms with Gasteiger partial charge >= 0.3 is 11.8 Å². The van der Waals surface area contributed by atoms with Crippen LogP contribution in [0.15, 0.2) is 41.6 Å². The Bertz CT molecular complexity index is 962. The standard InChI is InChI=1S/C19H20ClN5O5/c1-11(8-17(26)23-16-7-4-12(20)10-21-16)24-25-19(28)18(27)22-14-6-5-13(29-2)9-15(14)30-3/h4-7,9-10H,8H2,1-3H3,(H,22,27)(H,25,28)(H,21,23,26)/b24-11-. The van der Waals surface area contributed by atoms with Crippen molar-refractivity contribution in [2.45, 2.75) is 13.3 Å². The molecule has 0 atom stereocenters. The maximum atomic E-state index is 12.1. The van der Waals surface area contributed by atoms with Gasteiger partial charge in [0.25, 0.3) is 0 Å². The minimum Gasteiger partial charge on any atom is -0.497 e. The van der Waals surface area contributed by atoms with E-state index in [1.54, 1.807) is 24.3 Å². The van der Waals surface area contributed by atoms with Crippen LogP contribution in [0.3, 0.4) is 0 Å². The van der Waals surface area contributed by atoms with E-state index in [0.717, 1.165) is 0 Å². The number of aromatic nitrogens is 1. The fourth-order valence-corrected chi connectivity index (χ4v) is 2.30. The molecule has 1 heterocycles. The third kappa shape index (κ3) is 6.74. The summed E-state index contributed by atoms with van der Waals surface area (Å²) in [6, 6.07) is 7.83. The zero-order valence-electron chi connectivity index (χ0n) is 16.5. The number of carbonyl (C=O) groups is 3. The molecule has 0 aliphatic rings. The lowest BCUT2D eigenvalue weighted by Crippen LogP contribution is -2.33. The predicted molar refractivity (Wildman–Crippen MR) is 112 cm³/mol. The van der Waals surface area contributed by atoms with Crippen LogP contribution in [-0.2, 0) is 14.4 Å². The summed E-state index contributed by atoms with van der Waals surface area (Å²) in [6.45, 7) is 1.53. The molecule has 0 bridgehead atoms. The second-order valence-corrected chi connectivity index (χ2v) is 6.33. The van der Waals surface area contributed by atoms with E-state index >= 15 is 0 Å². The summed E-state index contributed by atoms with van der Waals surface area (Å²) in [6.07, 6.45) is 1.28. The van der Waals surface area contributed by atoms with Crippen LogP contribution >= 0.6 is 11.6 Å². The third-order valence-electron chi connectivity index (χ3n) is 3.62. The predicted octanol–water partition coefficient (Wildman–Crippen LogP) is 2.21. The molecule has 0 spiro atoms. The van der Waals surface area contributed by atoms with E-state index in [0.29, 0.717) is 22.3 Å². The fourth-order valence-electron chi connectivity index (χ4n) is 2.19. The summed E-state index contributed by atoms with van der Waals surface area (Å²) < 4.78 is 10.2. The second-order valence-electron chi connectivity index (χ2n) is 5.89. The van der Waals surface area contributed by atoms with Gasteiger partial charge in [0.15, 0.2) is 0 Å². The van der Waals surface area contributed by atoms with E-state index in [4.69, 9.17) is 21.1 Å². The van der Waals surface area contributed by atoms with Crippen LogP contribution < -0.4 is 25.5 Å². The number of hydrogen-bond donors (Lipinski definition) is 3. The summed E-state index contributed by atoms with van der Waals surface area (Å²) in [5.41, 5.74) is 2.67. The zero-order valence-corrected chi connectivity index (χ0v) is 17.2. The molecule has 158 valence electrons. The number of halogens is 1. The number of amides is 3. The van der Waals surface area contributed by atoms with Crippen molar-refractivity contribution in [2.75, 3.05) is 24.9 Å². The van der Waals surface area contributed by atoms with E-state index in [1.165, 1.54) is 33.4 Å². The van der Waals surface area contributed by atoms with Crippen molar-refractivity contribution >= 4 is 46.5 Å². The number of anilines is 2. The lowest BCUT2D eigenvalue weighted by molar-refractivity contribution is -0.136. The summed E-state index contributed by atoms with van der Waals surface area (Å²) >= 11 is 5.73. The van der Waals surface area contributed by atoms with Crippen molar-refractivity contribution in [1.82, 2.24) is 10.4 Å². The van der Waals surface area contributed by atoms with Gasteiger partial charge < -0.3 is 20.1 Å². The minimum absolute atomic E-state index is 0.113. The zero-order chi connectivity index (χ0) is 22.1. The average molecular weight is 434 g/mol. The smallest absolute Gasteiger partial charge is 0.329 e. The van der Waals surface area contributed by atoms with Gasteiger partial charge in [-0.1, -0.05) is 11.6 Å². The number of hydrazone groups is 1. The first-order valence-electron chi connectivity index (χ1n) is 8.60. The van der Waals surface area contributed by atoms with Crippen LogP contribution in [-0.4, -0.2) is 42.6 Å². The molecule has 3 N–H and O–H groups in total. The number of pyridine rings is 1.